The molecule has 0 bridgehead atoms. The first-order valence-corrected chi connectivity index (χ1v) is 9.83. The maximum absolute atomic E-state index is 11.3. The van der Waals surface area contributed by atoms with Crippen LogP contribution in [0.4, 0.5) is 0 Å². The summed E-state index contributed by atoms with van der Waals surface area (Å²) in [6.45, 7) is 2.15. The molecule has 0 saturated carbocycles. The molecule has 1 aromatic rings. The number of piperidine rings is 1. The normalized spacial score (nSPS) is 16.5. The van der Waals surface area contributed by atoms with Gasteiger partial charge in [-0.1, -0.05) is 42.8 Å². The molecule has 1 aromatic carbocycles. The number of hydrogen-bond donors (Lipinski definition) is 0. The van der Waals surface area contributed by atoms with Crippen LogP contribution in [0.5, 0.6) is 0 Å². The summed E-state index contributed by atoms with van der Waals surface area (Å²) >= 11 is 0. The molecule has 0 aromatic heterocycles. The van der Waals surface area contributed by atoms with Crippen LogP contribution in [-0.4, -0.2) is 31.1 Å². The Morgan fingerprint density at radius 3 is 2.57 bits per heavy atom. The van der Waals surface area contributed by atoms with Crippen molar-refractivity contribution in [2.75, 3.05) is 20.2 Å². The number of esters is 1. The van der Waals surface area contributed by atoms with Crippen LogP contribution in [0.25, 0.3) is 17.4 Å². The van der Waals surface area contributed by atoms with Crippen molar-refractivity contribution in [1.29, 1.82) is 0 Å². The largest absolute Gasteiger partial charge is 0.466 e. The Morgan fingerprint density at radius 1 is 1.04 bits per heavy atom. The van der Waals surface area contributed by atoms with Crippen LogP contribution in [0.2, 0.25) is 0 Å². The highest BCUT2D eigenvalue weighted by atomic mass is 16.5. The highest BCUT2D eigenvalue weighted by Gasteiger charge is 2.26. The van der Waals surface area contributed by atoms with E-state index in [0.717, 1.165) is 35.7 Å². The Kier molecular flexibility index (Phi) is 5.58. The van der Waals surface area contributed by atoms with E-state index in [1.54, 1.807) is 6.08 Å². The lowest BCUT2D eigenvalue weighted by atomic mass is 9.97. The minimum absolute atomic E-state index is 0.0956. The molecule has 4 rings (SSSR count). The summed E-state index contributed by atoms with van der Waals surface area (Å²) in [4.78, 5) is 13.8. The third kappa shape index (κ3) is 4.02. The standard InChI is InChI=1S/C24H25NO3/c1-27-23(26)15-10-18-8-11-20(12-9-18)24(25-16-3-2-4-17-25)22-14-13-19-6-5-7-21(19)28-22/h5-15,24H,2-4,16-17H2,1H3. The van der Waals surface area contributed by atoms with Crippen molar-refractivity contribution in [3.8, 4) is 11.3 Å². The number of ether oxygens (including phenoxy) is 1. The summed E-state index contributed by atoms with van der Waals surface area (Å²) in [5.41, 5.74) is 3.30. The average molecular weight is 375 g/mol. The number of carbonyl (C=O) groups is 1. The van der Waals surface area contributed by atoms with Crippen molar-refractivity contribution in [2.24, 2.45) is 0 Å². The molecular weight excluding hydrogens is 350 g/mol. The van der Waals surface area contributed by atoms with E-state index in [-0.39, 0.29) is 12.0 Å². The zero-order valence-electron chi connectivity index (χ0n) is 16.1. The monoisotopic (exact) mass is 375 g/mol. The van der Waals surface area contributed by atoms with Crippen molar-refractivity contribution in [2.45, 2.75) is 25.3 Å². The molecule has 1 fully saturated rings. The molecular formula is C24H25NO3. The van der Waals surface area contributed by atoms with Gasteiger partial charge in [-0.3, -0.25) is 4.90 Å². The lowest BCUT2D eigenvalue weighted by Gasteiger charge is -2.34. The predicted molar refractivity (Wildman–Crippen MR) is 110 cm³/mol. The highest BCUT2D eigenvalue weighted by Crippen LogP contribution is 2.35. The minimum atomic E-state index is -0.350. The highest BCUT2D eigenvalue weighted by molar-refractivity contribution is 5.86. The summed E-state index contributed by atoms with van der Waals surface area (Å²) < 4.78 is 10.9. The van der Waals surface area contributed by atoms with Crippen LogP contribution in [-0.2, 0) is 9.53 Å². The van der Waals surface area contributed by atoms with Crippen LogP contribution in [0.3, 0.4) is 0 Å². The summed E-state index contributed by atoms with van der Waals surface area (Å²) in [5.74, 6) is 1.55. The molecule has 1 aliphatic carbocycles. The third-order valence-corrected chi connectivity index (χ3v) is 5.35. The van der Waals surface area contributed by atoms with Gasteiger partial charge in [0.05, 0.1) is 13.2 Å². The second-order valence-electron chi connectivity index (χ2n) is 7.21. The van der Waals surface area contributed by atoms with E-state index in [4.69, 9.17) is 4.42 Å². The molecule has 144 valence electrons. The zero-order valence-corrected chi connectivity index (χ0v) is 16.1. The first-order valence-electron chi connectivity index (χ1n) is 9.83. The molecule has 0 N–H and O–H groups in total. The SMILES string of the molecule is COC(=O)C=Cc1ccc(C(c2ccc3cccc-3o2)N2CCCCC2)cc1. The van der Waals surface area contributed by atoms with Gasteiger partial charge in [0.25, 0.3) is 0 Å². The number of methoxy groups -OCH3 is 1. The second-order valence-corrected chi connectivity index (χ2v) is 7.21. The van der Waals surface area contributed by atoms with Crippen molar-refractivity contribution in [3.63, 3.8) is 0 Å². The Balaban J connectivity index is 1.66. The second kappa shape index (κ2) is 8.44. The Morgan fingerprint density at radius 2 is 1.82 bits per heavy atom. The molecule has 1 saturated heterocycles. The van der Waals surface area contributed by atoms with E-state index in [0.29, 0.717) is 0 Å². The third-order valence-electron chi connectivity index (χ3n) is 5.35. The lowest BCUT2D eigenvalue weighted by molar-refractivity contribution is -0.134. The van der Waals surface area contributed by atoms with Gasteiger partial charge in [0.15, 0.2) is 0 Å². The summed E-state index contributed by atoms with van der Waals surface area (Å²) in [5, 5.41) is 0. The van der Waals surface area contributed by atoms with Gasteiger partial charge in [-0.15, -0.1) is 0 Å². The van der Waals surface area contributed by atoms with Crippen molar-refractivity contribution in [1.82, 2.24) is 4.90 Å². The number of fused-ring (bicyclic) bond motifs is 1. The van der Waals surface area contributed by atoms with E-state index >= 15 is 0 Å². The lowest BCUT2D eigenvalue weighted by Crippen LogP contribution is -2.34. The minimum Gasteiger partial charge on any atom is -0.466 e. The maximum atomic E-state index is 11.3. The van der Waals surface area contributed by atoms with Gasteiger partial charge in [0, 0.05) is 11.6 Å². The van der Waals surface area contributed by atoms with Gasteiger partial charge in [0.1, 0.15) is 11.5 Å². The molecule has 1 atom stereocenters. The first kappa shape index (κ1) is 18.5. The van der Waals surface area contributed by atoms with Gasteiger partial charge in [-0.2, -0.15) is 0 Å². The molecule has 0 radical (unpaired) electrons. The summed E-state index contributed by atoms with van der Waals surface area (Å²) in [7, 11) is 1.38. The van der Waals surface area contributed by atoms with Gasteiger partial charge < -0.3 is 9.15 Å². The van der Waals surface area contributed by atoms with Crippen LogP contribution in [0.15, 0.2) is 65.1 Å². The van der Waals surface area contributed by atoms with Crippen molar-refractivity contribution in [3.05, 3.63) is 77.6 Å². The number of likely N-dealkylation sites (tertiary alicyclic amines) is 1. The molecule has 2 heterocycles. The molecule has 4 heteroatoms. The number of carbonyl (C=O) groups excluding carboxylic acids is 1. The zero-order chi connectivity index (χ0) is 19.3. The van der Waals surface area contributed by atoms with E-state index in [1.807, 2.05) is 24.3 Å². The molecule has 1 unspecified atom stereocenters. The molecule has 0 spiro atoms. The molecule has 0 amide bonds. The van der Waals surface area contributed by atoms with E-state index < -0.39 is 0 Å². The van der Waals surface area contributed by atoms with Gasteiger partial charge in [0.2, 0.25) is 0 Å². The fourth-order valence-electron chi connectivity index (χ4n) is 3.88. The number of benzene rings is 1. The summed E-state index contributed by atoms with van der Waals surface area (Å²) in [6.07, 6.45) is 6.94. The van der Waals surface area contributed by atoms with Crippen LogP contribution < -0.4 is 0 Å². The van der Waals surface area contributed by atoms with Crippen molar-refractivity contribution >= 4 is 12.0 Å². The smallest absolute Gasteiger partial charge is 0.330 e. The topological polar surface area (TPSA) is 42.7 Å². The first-order chi connectivity index (χ1) is 13.7. The molecule has 2 aliphatic heterocycles. The molecule has 28 heavy (non-hydrogen) atoms. The molecule has 4 nitrogen and oxygen atoms in total. The van der Waals surface area contributed by atoms with E-state index in [9.17, 15) is 4.79 Å². The fraction of sp³-hybridized carbons (Fsp3) is 0.292. The van der Waals surface area contributed by atoms with E-state index in [2.05, 4.69) is 40.0 Å². The quantitative estimate of drug-likeness (QED) is 0.457. The average Bonchev–Trinajstić information content (AvgIpc) is 3.22. The Hall–Kier alpha value is -2.85. The van der Waals surface area contributed by atoms with Crippen LogP contribution in [0, 0.1) is 0 Å². The van der Waals surface area contributed by atoms with Crippen molar-refractivity contribution < 1.29 is 13.9 Å². The molecule has 3 aliphatic rings. The van der Waals surface area contributed by atoms with Gasteiger partial charge in [-0.25, -0.2) is 4.79 Å². The fourth-order valence-corrected chi connectivity index (χ4v) is 3.88. The Labute approximate surface area is 165 Å². The number of nitrogens with zero attached hydrogens (tertiary/aromatic N) is 1. The predicted octanol–water partition coefficient (Wildman–Crippen LogP) is 5.15. The van der Waals surface area contributed by atoms with Crippen LogP contribution in [0.1, 0.15) is 42.2 Å². The summed E-state index contributed by atoms with van der Waals surface area (Å²) in [6, 6.07) is 18.8. The van der Waals surface area contributed by atoms with Gasteiger partial charge >= 0.3 is 5.97 Å². The van der Waals surface area contributed by atoms with Crippen LogP contribution >= 0.6 is 0 Å². The Bertz CT molecular complexity index is 919. The van der Waals surface area contributed by atoms with Gasteiger partial charge in [-0.05, 0) is 61.3 Å². The maximum Gasteiger partial charge on any atom is 0.330 e. The number of rotatable bonds is 5. The number of hydrogen-bond acceptors (Lipinski definition) is 4. The van der Waals surface area contributed by atoms with E-state index in [1.165, 1.54) is 38.0 Å².